The van der Waals surface area contributed by atoms with Crippen molar-refractivity contribution >= 4 is 10.0 Å². The van der Waals surface area contributed by atoms with Crippen LogP contribution in [0.25, 0.3) is 0 Å². The maximum absolute atomic E-state index is 12.4. The largest absolute Gasteiger partial charge is 0.395 e. The second kappa shape index (κ2) is 6.71. The molecule has 0 saturated carbocycles. The van der Waals surface area contributed by atoms with Crippen molar-refractivity contribution < 1.29 is 13.5 Å². The molecule has 104 valence electrons. The summed E-state index contributed by atoms with van der Waals surface area (Å²) in [5.41, 5.74) is 0.462. The third-order valence-electron chi connectivity index (χ3n) is 2.73. The Labute approximate surface area is 115 Å². The van der Waals surface area contributed by atoms with Crippen LogP contribution in [0, 0.1) is 11.8 Å². The SMILES string of the molecule is CC(C)N(C)S(=O)(=O)c1ccccc1C#CCCO. The summed E-state index contributed by atoms with van der Waals surface area (Å²) in [7, 11) is -1.98. The first-order chi connectivity index (χ1) is 8.91. The van der Waals surface area contributed by atoms with Crippen LogP contribution >= 0.6 is 0 Å². The molecular formula is C14H19NO3S. The molecule has 0 unspecified atom stereocenters. The maximum Gasteiger partial charge on any atom is 0.244 e. The number of benzene rings is 1. The van der Waals surface area contributed by atoms with Gasteiger partial charge in [0.25, 0.3) is 0 Å². The summed E-state index contributed by atoms with van der Waals surface area (Å²) in [5.74, 6) is 5.55. The van der Waals surface area contributed by atoms with Crippen molar-refractivity contribution in [2.75, 3.05) is 13.7 Å². The Bertz CT molecular complexity index is 582. The fraction of sp³-hybridized carbons (Fsp3) is 0.429. The van der Waals surface area contributed by atoms with Gasteiger partial charge < -0.3 is 5.11 Å². The maximum atomic E-state index is 12.4. The molecule has 0 atom stereocenters. The lowest BCUT2D eigenvalue weighted by Gasteiger charge is -2.21. The molecule has 0 spiro atoms. The Morgan fingerprint density at radius 3 is 2.53 bits per heavy atom. The first-order valence-corrected chi connectivity index (χ1v) is 7.52. The predicted octanol–water partition coefficient (Wildman–Crippen LogP) is 1.45. The monoisotopic (exact) mass is 281 g/mol. The zero-order chi connectivity index (χ0) is 14.5. The van der Waals surface area contributed by atoms with Gasteiger partial charge in [0, 0.05) is 25.1 Å². The van der Waals surface area contributed by atoms with E-state index in [0.29, 0.717) is 12.0 Å². The standard InChI is InChI=1S/C14H19NO3S/c1-12(2)15(3)19(17,18)14-10-5-4-8-13(14)9-6-7-11-16/h4-5,8,10,12,16H,7,11H2,1-3H3. The first kappa shape index (κ1) is 15.7. The van der Waals surface area contributed by atoms with Crippen LogP contribution in [0.1, 0.15) is 25.8 Å². The van der Waals surface area contributed by atoms with Crippen LogP contribution in [-0.2, 0) is 10.0 Å². The highest BCUT2D eigenvalue weighted by atomic mass is 32.2. The second-order valence-corrected chi connectivity index (χ2v) is 6.35. The molecular weight excluding hydrogens is 262 g/mol. The van der Waals surface area contributed by atoms with Crippen LogP contribution in [0.4, 0.5) is 0 Å². The molecule has 5 heteroatoms. The Morgan fingerprint density at radius 1 is 1.32 bits per heavy atom. The molecule has 1 aromatic carbocycles. The van der Waals surface area contributed by atoms with Gasteiger partial charge in [0.2, 0.25) is 10.0 Å². The molecule has 0 radical (unpaired) electrons. The molecule has 0 aromatic heterocycles. The molecule has 0 saturated heterocycles. The van der Waals surface area contributed by atoms with E-state index in [0.717, 1.165) is 0 Å². The number of sulfonamides is 1. The van der Waals surface area contributed by atoms with Crippen molar-refractivity contribution in [3.8, 4) is 11.8 Å². The fourth-order valence-electron chi connectivity index (χ4n) is 1.44. The third-order valence-corrected chi connectivity index (χ3v) is 4.82. The minimum atomic E-state index is -3.54. The van der Waals surface area contributed by atoms with Crippen LogP contribution in [0.2, 0.25) is 0 Å². The Kier molecular flexibility index (Phi) is 5.55. The van der Waals surface area contributed by atoms with Gasteiger partial charge in [0.05, 0.1) is 11.5 Å². The van der Waals surface area contributed by atoms with Crippen molar-refractivity contribution in [1.82, 2.24) is 4.31 Å². The zero-order valence-corrected chi connectivity index (χ0v) is 12.2. The summed E-state index contributed by atoms with van der Waals surface area (Å²) in [5, 5.41) is 8.71. The Morgan fingerprint density at radius 2 is 1.95 bits per heavy atom. The average Bonchev–Trinajstić information content (AvgIpc) is 2.38. The molecule has 4 nitrogen and oxygen atoms in total. The van der Waals surface area contributed by atoms with Gasteiger partial charge in [-0.25, -0.2) is 8.42 Å². The van der Waals surface area contributed by atoms with E-state index < -0.39 is 10.0 Å². The summed E-state index contributed by atoms with van der Waals surface area (Å²) in [6.07, 6.45) is 0.328. The van der Waals surface area contributed by atoms with Gasteiger partial charge in [-0.3, -0.25) is 0 Å². The van der Waals surface area contributed by atoms with Crippen LogP contribution in [-0.4, -0.2) is 37.5 Å². The molecule has 0 aliphatic heterocycles. The second-order valence-electron chi connectivity index (χ2n) is 4.39. The van der Waals surface area contributed by atoms with Crippen LogP contribution in [0.3, 0.4) is 0 Å². The van der Waals surface area contributed by atoms with Gasteiger partial charge in [-0.15, -0.1) is 0 Å². The summed E-state index contributed by atoms with van der Waals surface area (Å²) >= 11 is 0. The quantitative estimate of drug-likeness (QED) is 0.850. The van der Waals surface area contributed by atoms with E-state index in [-0.39, 0.29) is 17.5 Å². The van der Waals surface area contributed by atoms with Crippen LogP contribution in [0.5, 0.6) is 0 Å². The van der Waals surface area contributed by atoms with Crippen molar-refractivity contribution in [2.45, 2.75) is 31.2 Å². The molecule has 0 aliphatic rings. The van der Waals surface area contributed by atoms with E-state index in [1.807, 2.05) is 13.8 Å². The Hall–Kier alpha value is -1.35. The van der Waals surface area contributed by atoms with Crippen molar-refractivity contribution in [1.29, 1.82) is 0 Å². The number of hydrogen-bond donors (Lipinski definition) is 1. The predicted molar refractivity (Wildman–Crippen MR) is 75.1 cm³/mol. The normalized spacial score (nSPS) is 11.5. The number of hydrogen-bond acceptors (Lipinski definition) is 3. The Balaban J connectivity index is 3.25. The van der Waals surface area contributed by atoms with E-state index >= 15 is 0 Å². The highest BCUT2D eigenvalue weighted by Gasteiger charge is 2.24. The molecule has 0 amide bonds. The van der Waals surface area contributed by atoms with Crippen molar-refractivity contribution in [3.05, 3.63) is 29.8 Å². The fourth-order valence-corrected chi connectivity index (χ4v) is 2.95. The number of nitrogens with zero attached hydrogens (tertiary/aromatic N) is 1. The van der Waals surface area contributed by atoms with Gasteiger partial charge >= 0.3 is 0 Å². The van der Waals surface area contributed by atoms with E-state index in [9.17, 15) is 8.42 Å². The summed E-state index contributed by atoms with van der Waals surface area (Å²) in [6.45, 7) is 3.60. The van der Waals surface area contributed by atoms with Crippen LogP contribution < -0.4 is 0 Å². The minimum absolute atomic E-state index is 0.0339. The summed E-state index contributed by atoms with van der Waals surface area (Å²) in [4.78, 5) is 0.205. The lowest BCUT2D eigenvalue weighted by atomic mass is 10.2. The van der Waals surface area contributed by atoms with E-state index in [1.165, 1.54) is 4.31 Å². The van der Waals surface area contributed by atoms with Gasteiger partial charge in [0.1, 0.15) is 0 Å². The smallest absolute Gasteiger partial charge is 0.244 e. The molecule has 0 heterocycles. The first-order valence-electron chi connectivity index (χ1n) is 6.08. The van der Waals surface area contributed by atoms with Gasteiger partial charge in [-0.1, -0.05) is 24.0 Å². The lowest BCUT2D eigenvalue weighted by molar-refractivity contribution is 0.305. The zero-order valence-electron chi connectivity index (χ0n) is 11.4. The van der Waals surface area contributed by atoms with Gasteiger partial charge in [-0.2, -0.15) is 4.31 Å². The van der Waals surface area contributed by atoms with Crippen molar-refractivity contribution in [3.63, 3.8) is 0 Å². The number of aliphatic hydroxyl groups excluding tert-OH is 1. The van der Waals surface area contributed by atoms with Crippen LogP contribution in [0.15, 0.2) is 29.2 Å². The van der Waals surface area contributed by atoms with E-state index in [4.69, 9.17) is 5.11 Å². The summed E-state index contributed by atoms with van der Waals surface area (Å²) < 4.78 is 26.2. The highest BCUT2D eigenvalue weighted by molar-refractivity contribution is 7.89. The lowest BCUT2D eigenvalue weighted by Crippen LogP contribution is -2.33. The molecule has 0 fully saturated rings. The van der Waals surface area contributed by atoms with E-state index in [1.54, 1.807) is 31.3 Å². The summed E-state index contributed by atoms with van der Waals surface area (Å²) in [6, 6.07) is 6.53. The topological polar surface area (TPSA) is 57.6 Å². The molecule has 0 bridgehead atoms. The molecule has 1 aromatic rings. The third kappa shape index (κ3) is 3.80. The number of rotatable bonds is 4. The highest BCUT2D eigenvalue weighted by Crippen LogP contribution is 2.20. The van der Waals surface area contributed by atoms with E-state index in [2.05, 4.69) is 11.8 Å². The number of aliphatic hydroxyl groups is 1. The molecule has 1 rings (SSSR count). The minimum Gasteiger partial charge on any atom is -0.395 e. The average molecular weight is 281 g/mol. The molecule has 1 N–H and O–H groups in total. The molecule has 0 aliphatic carbocycles. The molecule has 19 heavy (non-hydrogen) atoms. The van der Waals surface area contributed by atoms with Gasteiger partial charge in [-0.05, 0) is 26.0 Å². The van der Waals surface area contributed by atoms with Gasteiger partial charge in [0.15, 0.2) is 0 Å². The van der Waals surface area contributed by atoms with Crippen molar-refractivity contribution in [2.24, 2.45) is 0 Å².